The molecule has 0 radical (unpaired) electrons. The van der Waals surface area contributed by atoms with E-state index in [1.54, 1.807) is 0 Å². The third-order valence-corrected chi connectivity index (χ3v) is 10.3. The normalized spacial score (nSPS) is 13.0. The van der Waals surface area contributed by atoms with Gasteiger partial charge in [-0.3, -0.25) is 0 Å². The van der Waals surface area contributed by atoms with Crippen molar-refractivity contribution in [3.05, 3.63) is 187 Å². The zero-order valence-corrected chi connectivity index (χ0v) is 27.2. The van der Waals surface area contributed by atoms with Crippen LogP contribution in [0.25, 0.3) is 54.9 Å². The summed E-state index contributed by atoms with van der Waals surface area (Å²) < 4.78 is 0. The van der Waals surface area contributed by atoms with Gasteiger partial charge >= 0.3 is 0 Å². The van der Waals surface area contributed by atoms with Gasteiger partial charge in [-0.1, -0.05) is 159 Å². The maximum absolute atomic E-state index is 2.44. The Labute approximate surface area is 282 Å². The van der Waals surface area contributed by atoms with Gasteiger partial charge in [-0.25, -0.2) is 0 Å². The summed E-state index contributed by atoms with van der Waals surface area (Å²) >= 11 is 0. The largest absolute Gasteiger partial charge is 0.310 e. The predicted octanol–water partition coefficient (Wildman–Crippen LogP) is 13.1. The van der Waals surface area contributed by atoms with Crippen LogP contribution in [0.15, 0.2) is 176 Å². The van der Waals surface area contributed by atoms with E-state index in [1.165, 1.54) is 71.7 Å². The van der Waals surface area contributed by atoms with E-state index in [1.807, 2.05) is 0 Å². The molecule has 48 heavy (non-hydrogen) atoms. The molecule has 0 saturated carbocycles. The number of benzene rings is 8. The molecule has 1 heteroatoms. The summed E-state index contributed by atoms with van der Waals surface area (Å²) in [4.78, 5) is 2.44. The molecule has 0 fully saturated rings. The van der Waals surface area contributed by atoms with E-state index in [9.17, 15) is 0 Å². The molecule has 8 aromatic rings. The van der Waals surface area contributed by atoms with Gasteiger partial charge in [-0.15, -0.1) is 0 Å². The number of hydrogen-bond acceptors (Lipinski definition) is 1. The molecule has 8 aromatic carbocycles. The molecule has 1 aliphatic carbocycles. The fourth-order valence-corrected chi connectivity index (χ4v) is 7.79. The van der Waals surface area contributed by atoms with Crippen molar-refractivity contribution in [3.8, 4) is 33.4 Å². The molecule has 0 aromatic heterocycles. The lowest BCUT2D eigenvalue weighted by molar-refractivity contribution is 0.660. The summed E-state index contributed by atoms with van der Waals surface area (Å²) in [7, 11) is 0. The Bertz CT molecular complexity index is 2460. The van der Waals surface area contributed by atoms with E-state index in [0.717, 1.165) is 11.4 Å². The first-order chi connectivity index (χ1) is 23.6. The quantitative estimate of drug-likeness (QED) is 0.187. The van der Waals surface area contributed by atoms with E-state index >= 15 is 0 Å². The molecule has 0 amide bonds. The molecule has 0 saturated heterocycles. The minimum atomic E-state index is -0.0704. The highest BCUT2D eigenvalue weighted by Crippen LogP contribution is 2.54. The molecule has 0 aliphatic heterocycles. The van der Waals surface area contributed by atoms with Crippen LogP contribution in [0.2, 0.25) is 0 Å². The van der Waals surface area contributed by atoms with Crippen LogP contribution in [0.1, 0.15) is 25.0 Å². The summed E-state index contributed by atoms with van der Waals surface area (Å²) in [6.45, 7) is 4.70. The number of rotatable bonds is 5. The Morgan fingerprint density at radius 2 is 0.958 bits per heavy atom. The van der Waals surface area contributed by atoms with Crippen molar-refractivity contribution in [2.24, 2.45) is 0 Å². The van der Waals surface area contributed by atoms with Crippen LogP contribution < -0.4 is 4.90 Å². The van der Waals surface area contributed by atoms with Gasteiger partial charge in [0.1, 0.15) is 0 Å². The minimum Gasteiger partial charge on any atom is -0.310 e. The van der Waals surface area contributed by atoms with E-state index in [-0.39, 0.29) is 5.41 Å². The SMILES string of the molecule is CC1(C)c2ccccc2-c2c(N(c3ccc(-c4ccc(-c5cccc6ccccc56)cc4)cc3)c3ccc4ccccc4c3)cccc21. The average molecular weight is 614 g/mol. The van der Waals surface area contributed by atoms with Gasteiger partial charge in [0.2, 0.25) is 0 Å². The molecule has 0 N–H and O–H groups in total. The molecule has 0 spiro atoms. The van der Waals surface area contributed by atoms with Gasteiger partial charge in [0, 0.05) is 22.4 Å². The van der Waals surface area contributed by atoms with Crippen molar-refractivity contribution in [3.63, 3.8) is 0 Å². The highest BCUT2D eigenvalue weighted by Gasteiger charge is 2.37. The van der Waals surface area contributed by atoms with Crippen LogP contribution >= 0.6 is 0 Å². The molecule has 0 heterocycles. The number of anilines is 3. The number of fused-ring (bicyclic) bond motifs is 5. The van der Waals surface area contributed by atoms with Crippen molar-refractivity contribution in [1.82, 2.24) is 0 Å². The lowest BCUT2D eigenvalue weighted by Gasteiger charge is -2.29. The maximum Gasteiger partial charge on any atom is 0.0543 e. The van der Waals surface area contributed by atoms with Crippen LogP contribution in [-0.2, 0) is 5.41 Å². The first-order valence-corrected chi connectivity index (χ1v) is 16.8. The molecular formula is C47H35N. The fraction of sp³-hybridized carbons (Fsp3) is 0.0638. The average Bonchev–Trinajstić information content (AvgIpc) is 3.38. The molecule has 0 atom stereocenters. The summed E-state index contributed by atoms with van der Waals surface area (Å²) in [5, 5.41) is 5.02. The van der Waals surface area contributed by atoms with Crippen LogP contribution in [0.3, 0.4) is 0 Å². The molecule has 228 valence electrons. The lowest BCUT2D eigenvalue weighted by atomic mass is 9.82. The molecule has 0 bridgehead atoms. The Morgan fingerprint density at radius 1 is 0.396 bits per heavy atom. The first-order valence-electron chi connectivity index (χ1n) is 16.8. The number of nitrogens with zero attached hydrogens (tertiary/aromatic N) is 1. The molecule has 1 aliphatic rings. The van der Waals surface area contributed by atoms with Crippen LogP contribution in [-0.4, -0.2) is 0 Å². The summed E-state index contributed by atoms with van der Waals surface area (Å²) in [6.07, 6.45) is 0. The zero-order valence-electron chi connectivity index (χ0n) is 27.2. The van der Waals surface area contributed by atoms with Crippen LogP contribution in [0.5, 0.6) is 0 Å². The van der Waals surface area contributed by atoms with E-state index < -0.39 is 0 Å². The highest BCUT2D eigenvalue weighted by atomic mass is 15.1. The highest BCUT2D eigenvalue weighted by molar-refractivity contribution is 5.98. The van der Waals surface area contributed by atoms with Crippen LogP contribution in [0.4, 0.5) is 17.1 Å². The van der Waals surface area contributed by atoms with Crippen molar-refractivity contribution >= 4 is 38.6 Å². The third-order valence-electron chi connectivity index (χ3n) is 10.3. The Balaban J connectivity index is 1.14. The van der Waals surface area contributed by atoms with Crippen molar-refractivity contribution in [2.75, 3.05) is 4.90 Å². The standard InChI is InChI=1S/C47H35N/c1-47(2)43-18-8-7-16-42(43)46-44(47)19-10-20-45(46)48(39-30-27-32-11-3-4-13-37(32)31-39)38-28-25-34(26-29-38)33-21-23-36(24-22-33)41-17-9-14-35-12-5-6-15-40(35)41/h3-31H,1-2H3. The van der Waals surface area contributed by atoms with Crippen LogP contribution in [0, 0.1) is 0 Å². The summed E-state index contributed by atoms with van der Waals surface area (Å²) in [6, 6.07) is 64.4. The molecule has 1 nitrogen and oxygen atoms in total. The second kappa shape index (κ2) is 11.1. The Hall–Kier alpha value is -5.92. The van der Waals surface area contributed by atoms with Gasteiger partial charge in [0.05, 0.1) is 5.69 Å². The molecular weight excluding hydrogens is 579 g/mol. The van der Waals surface area contributed by atoms with Gasteiger partial charge in [-0.05, 0) is 90.8 Å². The fourth-order valence-electron chi connectivity index (χ4n) is 7.79. The maximum atomic E-state index is 2.44. The predicted molar refractivity (Wildman–Crippen MR) is 205 cm³/mol. The van der Waals surface area contributed by atoms with E-state index in [2.05, 4.69) is 195 Å². The van der Waals surface area contributed by atoms with Gasteiger partial charge in [-0.2, -0.15) is 0 Å². The summed E-state index contributed by atoms with van der Waals surface area (Å²) in [5.74, 6) is 0. The van der Waals surface area contributed by atoms with Crippen molar-refractivity contribution in [1.29, 1.82) is 0 Å². The van der Waals surface area contributed by atoms with Gasteiger partial charge in [0.25, 0.3) is 0 Å². The molecule has 9 rings (SSSR count). The molecule has 0 unspecified atom stereocenters. The minimum absolute atomic E-state index is 0.0704. The zero-order chi connectivity index (χ0) is 32.2. The van der Waals surface area contributed by atoms with E-state index in [0.29, 0.717) is 0 Å². The number of hydrogen-bond donors (Lipinski definition) is 0. The van der Waals surface area contributed by atoms with Gasteiger partial charge < -0.3 is 4.90 Å². The van der Waals surface area contributed by atoms with E-state index in [4.69, 9.17) is 0 Å². The second-order valence-corrected chi connectivity index (χ2v) is 13.4. The smallest absolute Gasteiger partial charge is 0.0543 e. The van der Waals surface area contributed by atoms with Gasteiger partial charge in [0.15, 0.2) is 0 Å². The lowest BCUT2D eigenvalue weighted by Crippen LogP contribution is -2.16. The van der Waals surface area contributed by atoms with Crippen molar-refractivity contribution < 1.29 is 0 Å². The Morgan fingerprint density at radius 3 is 1.77 bits per heavy atom. The third kappa shape index (κ3) is 4.54. The topological polar surface area (TPSA) is 3.24 Å². The first kappa shape index (κ1) is 28.3. The Kier molecular flexibility index (Phi) is 6.55. The van der Waals surface area contributed by atoms with Crippen molar-refractivity contribution in [2.45, 2.75) is 19.3 Å². The monoisotopic (exact) mass is 613 g/mol. The second-order valence-electron chi connectivity index (χ2n) is 13.4. The summed E-state index contributed by atoms with van der Waals surface area (Å²) in [5.41, 5.74) is 13.7.